The molecule has 2 aliphatic rings. The fraction of sp³-hybridized carbons (Fsp3) is 0.769. The van der Waals surface area contributed by atoms with Gasteiger partial charge in [-0.05, 0) is 38.0 Å². The van der Waals surface area contributed by atoms with E-state index < -0.39 is 6.10 Å². The zero-order valence-electron chi connectivity index (χ0n) is 10.3. The smallest absolute Gasteiger partial charge is 0.0985 e. The number of hydrogen-bond donors (Lipinski definition) is 1. The monoisotopic (exact) mass is 236 g/mol. The summed E-state index contributed by atoms with van der Waals surface area (Å²) in [6.07, 6.45) is 8.68. The second kappa shape index (κ2) is 4.10. The van der Waals surface area contributed by atoms with Gasteiger partial charge in [0.05, 0.1) is 29.9 Å². The lowest BCUT2D eigenvalue weighted by molar-refractivity contribution is -0.157. The van der Waals surface area contributed by atoms with Gasteiger partial charge in [-0.1, -0.05) is 0 Å². The van der Waals surface area contributed by atoms with Gasteiger partial charge in [-0.2, -0.15) is 0 Å². The molecule has 2 heterocycles. The highest BCUT2D eigenvalue weighted by Crippen LogP contribution is 2.47. The highest BCUT2D eigenvalue weighted by molar-refractivity contribution is 5.06. The lowest BCUT2D eigenvalue weighted by atomic mass is 9.70. The lowest BCUT2D eigenvalue weighted by Gasteiger charge is -2.48. The molecular formula is C13H20N2O2. The summed E-state index contributed by atoms with van der Waals surface area (Å²) in [5.41, 5.74) is 1.02. The highest BCUT2D eigenvalue weighted by atomic mass is 16.5. The number of hydrogen-bond acceptors (Lipinski definition) is 3. The van der Waals surface area contributed by atoms with Crippen LogP contribution in [0.5, 0.6) is 0 Å². The Bertz CT molecular complexity index is 398. The molecule has 1 saturated heterocycles. The van der Waals surface area contributed by atoms with Crippen LogP contribution in [-0.2, 0) is 11.8 Å². The first kappa shape index (κ1) is 11.2. The summed E-state index contributed by atoms with van der Waals surface area (Å²) in [7, 11) is 1.93. The number of aromatic nitrogens is 2. The summed E-state index contributed by atoms with van der Waals surface area (Å²) in [5, 5.41) is 10.5. The number of aliphatic hydroxyl groups excluding tert-OH is 1. The predicted molar refractivity (Wildman–Crippen MR) is 63.4 cm³/mol. The number of aliphatic hydroxyl groups is 1. The van der Waals surface area contributed by atoms with Gasteiger partial charge < -0.3 is 14.4 Å². The van der Waals surface area contributed by atoms with Crippen LogP contribution < -0.4 is 0 Å². The maximum absolute atomic E-state index is 10.5. The van der Waals surface area contributed by atoms with Crippen molar-refractivity contribution in [2.45, 2.75) is 43.8 Å². The Morgan fingerprint density at radius 1 is 1.59 bits per heavy atom. The molecule has 2 unspecified atom stereocenters. The van der Waals surface area contributed by atoms with E-state index in [-0.39, 0.29) is 5.60 Å². The molecular weight excluding hydrogens is 216 g/mol. The first-order valence-corrected chi connectivity index (χ1v) is 6.48. The van der Waals surface area contributed by atoms with Crippen LogP contribution in [0.1, 0.15) is 43.9 Å². The van der Waals surface area contributed by atoms with E-state index in [4.69, 9.17) is 4.74 Å². The van der Waals surface area contributed by atoms with Gasteiger partial charge in [0.15, 0.2) is 0 Å². The van der Waals surface area contributed by atoms with Crippen LogP contribution >= 0.6 is 0 Å². The molecule has 1 spiro atoms. The van der Waals surface area contributed by atoms with Gasteiger partial charge in [-0.25, -0.2) is 4.98 Å². The van der Waals surface area contributed by atoms with Crippen LogP contribution in [0.3, 0.4) is 0 Å². The Balaban J connectivity index is 1.73. The molecule has 1 aromatic heterocycles. The van der Waals surface area contributed by atoms with Crippen LogP contribution in [0.4, 0.5) is 0 Å². The third kappa shape index (κ3) is 1.89. The molecule has 0 amide bonds. The van der Waals surface area contributed by atoms with E-state index in [1.807, 2.05) is 11.6 Å². The molecule has 1 aliphatic carbocycles. The normalized spacial score (nSPS) is 28.9. The second-order valence-electron chi connectivity index (χ2n) is 5.51. The van der Waals surface area contributed by atoms with E-state index in [0.717, 1.165) is 25.1 Å². The summed E-state index contributed by atoms with van der Waals surface area (Å²) in [4.78, 5) is 4.08. The zero-order valence-corrected chi connectivity index (χ0v) is 10.3. The van der Waals surface area contributed by atoms with E-state index in [1.54, 1.807) is 12.5 Å². The Labute approximate surface area is 102 Å². The molecule has 1 saturated carbocycles. The summed E-state index contributed by atoms with van der Waals surface area (Å²) in [6, 6.07) is 0. The van der Waals surface area contributed by atoms with Gasteiger partial charge in [-0.15, -0.1) is 0 Å². The second-order valence-corrected chi connectivity index (χ2v) is 5.51. The average Bonchev–Trinajstić information content (AvgIpc) is 2.73. The summed E-state index contributed by atoms with van der Waals surface area (Å²) in [6.45, 7) is 0.791. The minimum Gasteiger partial charge on any atom is -0.387 e. The topological polar surface area (TPSA) is 47.3 Å². The van der Waals surface area contributed by atoms with E-state index >= 15 is 0 Å². The molecule has 0 radical (unpaired) electrons. The third-order valence-electron chi connectivity index (χ3n) is 4.40. The maximum atomic E-state index is 10.5. The molecule has 1 aliphatic heterocycles. The van der Waals surface area contributed by atoms with Crippen molar-refractivity contribution in [3.63, 3.8) is 0 Å². The Morgan fingerprint density at radius 3 is 3.00 bits per heavy atom. The molecule has 3 rings (SSSR count). The van der Waals surface area contributed by atoms with Crippen LogP contribution in [0.2, 0.25) is 0 Å². The standard InChI is InChI=1S/C13H20N2O2/c1-15-9-14-8-11(15)12(16)10-3-6-17-13(7-10)4-2-5-13/h8-10,12,16H,2-7H2,1H3. The minimum atomic E-state index is -0.399. The summed E-state index contributed by atoms with van der Waals surface area (Å²) in [5.74, 6) is 0.319. The fourth-order valence-electron chi connectivity index (χ4n) is 3.15. The van der Waals surface area contributed by atoms with Crippen molar-refractivity contribution in [2.75, 3.05) is 6.61 Å². The number of nitrogens with zero attached hydrogens (tertiary/aromatic N) is 2. The number of aryl methyl sites for hydroxylation is 1. The average molecular weight is 236 g/mol. The van der Waals surface area contributed by atoms with Gasteiger partial charge in [0.25, 0.3) is 0 Å². The number of ether oxygens (including phenoxy) is 1. The van der Waals surface area contributed by atoms with Crippen LogP contribution in [-0.4, -0.2) is 26.9 Å². The van der Waals surface area contributed by atoms with Crippen molar-refractivity contribution in [3.8, 4) is 0 Å². The van der Waals surface area contributed by atoms with Gasteiger partial charge in [0.2, 0.25) is 0 Å². The van der Waals surface area contributed by atoms with Crippen LogP contribution in [0.25, 0.3) is 0 Å². The molecule has 2 atom stereocenters. The molecule has 1 N–H and O–H groups in total. The molecule has 94 valence electrons. The SMILES string of the molecule is Cn1cncc1C(O)C1CCOC2(CCC2)C1. The summed E-state index contributed by atoms with van der Waals surface area (Å²) >= 11 is 0. The van der Waals surface area contributed by atoms with Gasteiger partial charge >= 0.3 is 0 Å². The molecule has 4 nitrogen and oxygen atoms in total. The summed E-state index contributed by atoms with van der Waals surface area (Å²) < 4.78 is 7.81. The number of rotatable bonds is 2. The van der Waals surface area contributed by atoms with Crippen molar-refractivity contribution in [1.29, 1.82) is 0 Å². The zero-order chi connectivity index (χ0) is 11.9. The van der Waals surface area contributed by atoms with Crippen molar-refractivity contribution in [3.05, 3.63) is 18.2 Å². The fourth-order valence-corrected chi connectivity index (χ4v) is 3.15. The first-order chi connectivity index (χ1) is 8.20. The van der Waals surface area contributed by atoms with Gasteiger partial charge in [0, 0.05) is 13.7 Å². The van der Waals surface area contributed by atoms with Crippen molar-refractivity contribution in [1.82, 2.24) is 9.55 Å². The van der Waals surface area contributed by atoms with Crippen LogP contribution in [0, 0.1) is 5.92 Å². The molecule has 0 aromatic carbocycles. The van der Waals surface area contributed by atoms with Crippen molar-refractivity contribution < 1.29 is 9.84 Å². The first-order valence-electron chi connectivity index (χ1n) is 6.48. The largest absolute Gasteiger partial charge is 0.387 e. The predicted octanol–water partition coefficient (Wildman–Crippen LogP) is 1.80. The quantitative estimate of drug-likeness (QED) is 0.851. The molecule has 17 heavy (non-hydrogen) atoms. The van der Waals surface area contributed by atoms with Gasteiger partial charge in [-0.3, -0.25) is 0 Å². The minimum absolute atomic E-state index is 0.0997. The van der Waals surface area contributed by atoms with E-state index in [2.05, 4.69) is 4.98 Å². The van der Waals surface area contributed by atoms with E-state index in [0.29, 0.717) is 5.92 Å². The highest BCUT2D eigenvalue weighted by Gasteiger charge is 2.44. The molecule has 0 bridgehead atoms. The van der Waals surface area contributed by atoms with E-state index in [1.165, 1.54) is 19.3 Å². The molecule has 4 heteroatoms. The number of imidazole rings is 1. The van der Waals surface area contributed by atoms with Crippen molar-refractivity contribution in [2.24, 2.45) is 13.0 Å². The molecule has 2 fully saturated rings. The van der Waals surface area contributed by atoms with Crippen molar-refractivity contribution >= 4 is 0 Å². The van der Waals surface area contributed by atoms with Crippen LogP contribution in [0.15, 0.2) is 12.5 Å². The maximum Gasteiger partial charge on any atom is 0.0985 e. The molecule has 1 aromatic rings. The Kier molecular flexibility index (Phi) is 2.71. The lowest BCUT2D eigenvalue weighted by Crippen LogP contribution is -2.46. The third-order valence-corrected chi connectivity index (χ3v) is 4.40. The Hall–Kier alpha value is -0.870. The van der Waals surface area contributed by atoms with Gasteiger partial charge in [0.1, 0.15) is 0 Å². The van der Waals surface area contributed by atoms with E-state index in [9.17, 15) is 5.11 Å². The Morgan fingerprint density at radius 2 is 2.41 bits per heavy atom.